The maximum Gasteiger partial charge on any atom is 0.00535 e. The second kappa shape index (κ2) is 3.82. The molecule has 0 bridgehead atoms. The number of nitrogens with zero attached hydrogens (tertiary/aromatic N) is 2. The van der Waals surface area contributed by atoms with Crippen LogP contribution in [0.15, 0.2) is 0 Å². The summed E-state index contributed by atoms with van der Waals surface area (Å²) in [5, 5.41) is 0. The van der Waals surface area contributed by atoms with Crippen LogP contribution in [0.4, 0.5) is 0 Å². The summed E-state index contributed by atoms with van der Waals surface area (Å²) in [6.45, 7) is 7.58. The summed E-state index contributed by atoms with van der Waals surface area (Å²) >= 11 is 0. The fraction of sp³-hybridized carbons (Fsp3) is 1.00. The highest BCUT2D eigenvalue weighted by Gasteiger charge is 2.50. The number of rotatable bonds is 3. The molecule has 1 aliphatic carbocycles. The highest BCUT2D eigenvalue weighted by Crippen LogP contribution is 2.49. The van der Waals surface area contributed by atoms with E-state index >= 15 is 0 Å². The lowest BCUT2D eigenvalue weighted by Crippen LogP contribution is -2.58. The summed E-state index contributed by atoms with van der Waals surface area (Å²) in [5.41, 5.74) is 0.722. The maximum atomic E-state index is 2.59. The van der Waals surface area contributed by atoms with Crippen LogP contribution >= 0.6 is 0 Å². The largest absolute Gasteiger partial charge is 0.309 e. The molecule has 2 heteroatoms. The summed E-state index contributed by atoms with van der Waals surface area (Å²) in [5.74, 6) is 0.972. The van der Waals surface area contributed by atoms with Crippen LogP contribution in [-0.2, 0) is 0 Å². The van der Waals surface area contributed by atoms with E-state index in [4.69, 9.17) is 0 Å². The van der Waals surface area contributed by atoms with Gasteiger partial charge in [0.15, 0.2) is 0 Å². The quantitative estimate of drug-likeness (QED) is 0.677. The molecule has 0 N–H and O–H groups in total. The van der Waals surface area contributed by atoms with Crippen LogP contribution in [0.25, 0.3) is 0 Å². The first-order valence-electron chi connectivity index (χ1n) is 6.03. The average Bonchev–Trinajstić information content (AvgIpc) is 2.44. The van der Waals surface area contributed by atoms with Crippen molar-refractivity contribution in [1.82, 2.24) is 9.80 Å². The van der Waals surface area contributed by atoms with Gasteiger partial charge in [-0.3, -0.25) is 0 Å². The SMILES string of the molecule is CCN1CC2(CCCC2CN(C)C)C1. The minimum atomic E-state index is 0.722. The predicted octanol–water partition coefficient (Wildman–Crippen LogP) is 1.67. The van der Waals surface area contributed by atoms with Crippen molar-refractivity contribution in [3.63, 3.8) is 0 Å². The van der Waals surface area contributed by atoms with Gasteiger partial charge in [-0.05, 0) is 44.8 Å². The van der Waals surface area contributed by atoms with E-state index in [9.17, 15) is 0 Å². The maximum absolute atomic E-state index is 2.59. The summed E-state index contributed by atoms with van der Waals surface area (Å²) in [6.07, 6.45) is 4.42. The third-order valence-electron chi connectivity index (χ3n) is 4.20. The van der Waals surface area contributed by atoms with Gasteiger partial charge in [-0.15, -0.1) is 0 Å². The molecule has 82 valence electrons. The van der Waals surface area contributed by atoms with Crippen molar-refractivity contribution in [2.45, 2.75) is 26.2 Å². The molecular formula is C12H24N2. The Morgan fingerprint density at radius 2 is 2.07 bits per heavy atom. The third-order valence-corrected chi connectivity index (χ3v) is 4.20. The van der Waals surface area contributed by atoms with E-state index in [2.05, 4.69) is 30.8 Å². The Morgan fingerprint density at radius 3 is 2.64 bits per heavy atom. The third kappa shape index (κ3) is 1.70. The standard InChI is InChI=1S/C12H24N2/c1-4-14-9-12(10-14)7-5-6-11(12)8-13(2)3/h11H,4-10H2,1-3H3. The summed E-state index contributed by atoms with van der Waals surface area (Å²) in [6, 6.07) is 0. The number of likely N-dealkylation sites (tertiary alicyclic amines) is 1. The monoisotopic (exact) mass is 196 g/mol. The average molecular weight is 196 g/mol. The molecular weight excluding hydrogens is 172 g/mol. The van der Waals surface area contributed by atoms with Crippen LogP contribution < -0.4 is 0 Å². The molecule has 1 spiro atoms. The van der Waals surface area contributed by atoms with Crippen molar-refractivity contribution in [3.8, 4) is 0 Å². The Morgan fingerprint density at radius 1 is 1.36 bits per heavy atom. The predicted molar refractivity (Wildman–Crippen MR) is 60.4 cm³/mol. The van der Waals surface area contributed by atoms with Gasteiger partial charge in [0.05, 0.1) is 0 Å². The molecule has 1 aliphatic heterocycles. The molecule has 14 heavy (non-hydrogen) atoms. The molecule has 0 aromatic heterocycles. The number of hydrogen-bond donors (Lipinski definition) is 0. The van der Waals surface area contributed by atoms with Gasteiger partial charge in [0.2, 0.25) is 0 Å². The van der Waals surface area contributed by atoms with Gasteiger partial charge in [-0.2, -0.15) is 0 Å². The van der Waals surface area contributed by atoms with Crippen molar-refractivity contribution in [2.75, 3.05) is 40.3 Å². The molecule has 1 heterocycles. The van der Waals surface area contributed by atoms with Gasteiger partial charge >= 0.3 is 0 Å². The van der Waals surface area contributed by atoms with E-state index in [1.165, 1.54) is 45.4 Å². The van der Waals surface area contributed by atoms with Crippen LogP contribution in [-0.4, -0.2) is 50.1 Å². The van der Waals surface area contributed by atoms with Gasteiger partial charge in [-0.25, -0.2) is 0 Å². The Kier molecular flexibility index (Phi) is 2.85. The van der Waals surface area contributed by atoms with Crippen molar-refractivity contribution >= 4 is 0 Å². The second-order valence-corrected chi connectivity index (χ2v) is 5.52. The Hall–Kier alpha value is -0.0800. The zero-order chi connectivity index (χ0) is 10.2. The zero-order valence-corrected chi connectivity index (χ0v) is 9.92. The fourth-order valence-corrected chi connectivity index (χ4v) is 3.42. The van der Waals surface area contributed by atoms with E-state index in [0.717, 1.165) is 11.3 Å². The van der Waals surface area contributed by atoms with E-state index in [1.54, 1.807) is 0 Å². The Bertz CT molecular complexity index is 194. The molecule has 2 fully saturated rings. The molecule has 1 atom stereocenters. The molecule has 2 rings (SSSR count). The molecule has 1 unspecified atom stereocenters. The fourth-order valence-electron chi connectivity index (χ4n) is 3.42. The molecule has 0 aromatic carbocycles. The van der Waals surface area contributed by atoms with Crippen molar-refractivity contribution in [2.24, 2.45) is 11.3 Å². The highest BCUT2D eigenvalue weighted by molar-refractivity contribution is 5.02. The minimum Gasteiger partial charge on any atom is -0.309 e. The molecule has 0 amide bonds. The lowest BCUT2D eigenvalue weighted by atomic mass is 9.71. The van der Waals surface area contributed by atoms with Crippen molar-refractivity contribution < 1.29 is 0 Å². The van der Waals surface area contributed by atoms with Crippen LogP contribution in [0.5, 0.6) is 0 Å². The molecule has 0 radical (unpaired) electrons. The van der Waals surface area contributed by atoms with Crippen LogP contribution in [0.2, 0.25) is 0 Å². The Labute approximate surface area is 88.3 Å². The van der Waals surface area contributed by atoms with Gasteiger partial charge in [0.1, 0.15) is 0 Å². The summed E-state index contributed by atoms with van der Waals surface area (Å²) < 4.78 is 0. The van der Waals surface area contributed by atoms with Gasteiger partial charge in [0.25, 0.3) is 0 Å². The smallest absolute Gasteiger partial charge is 0.00535 e. The van der Waals surface area contributed by atoms with Crippen LogP contribution in [0, 0.1) is 11.3 Å². The van der Waals surface area contributed by atoms with E-state index in [-0.39, 0.29) is 0 Å². The topological polar surface area (TPSA) is 6.48 Å². The van der Waals surface area contributed by atoms with E-state index in [1.807, 2.05) is 0 Å². The minimum absolute atomic E-state index is 0.722. The van der Waals surface area contributed by atoms with Crippen molar-refractivity contribution in [1.29, 1.82) is 0 Å². The molecule has 2 aliphatic rings. The van der Waals surface area contributed by atoms with Crippen molar-refractivity contribution in [3.05, 3.63) is 0 Å². The summed E-state index contributed by atoms with van der Waals surface area (Å²) in [7, 11) is 4.42. The van der Waals surface area contributed by atoms with E-state index in [0.29, 0.717) is 0 Å². The number of hydrogen-bond acceptors (Lipinski definition) is 2. The normalized spacial score (nSPS) is 31.3. The highest BCUT2D eigenvalue weighted by atomic mass is 15.2. The molecule has 0 aromatic rings. The van der Waals surface area contributed by atoms with Crippen LogP contribution in [0.3, 0.4) is 0 Å². The first-order chi connectivity index (χ1) is 6.66. The lowest BCUT2D eigenvalue weighted by Gasteiger charge is -2.52. The molecule has 1 saturated carbocycles. The lowest BCUT2D eigenvalue weighted by molar-refractivity contribution is -0.0324. The van der Waals surface area contributed by atoms with Gasteiger partial charge in [-0.1, -0.05) is 13.3 Å². The zero-order valence-electron chi connectivity index (χ0n) is 9.92. The molecule has 1 saturated heterocycles. The van der Waals surface area contributed by atoms with Gasteiger partial charge < -0.3 is 9.80 Å². The Balaban J connectivity index is 1.91. The molecule has 2 nitrogen and oxygen atoms in total. The van der Waals surface area contributed by atoms with Crippen LogP contribution in [0.1, 0.15) is 26.2 Å². The first kappa shape index (κ1) is 10.4. The summed E-state index contributed by atoms with van der Waals surface area (Å²) in [4.78, 5) is 4.96. The first-order valence-corrected chi connectivity index (χ1v) is 6.03. The van der Waals surface area contributed by atoms with E-state index < -0.39 is 0 Å². The van der Waals surface area contributed by atoms with Gasteiger partial charge in [0, 0.05) is 19.6 Å². The second-order valence-electron chi connectivity index (χ2n) is 5.52.